The van der Waals surface area contributed by atoms with E-state index in [1.54, 1.807) is 30.3 Å². The Morgan fingerprint density at radius 3 is 2.55 bits per heavy atom. The maximum atomic E-state index is 13.3. The molecule has 5 nitrogen and oxygen atoms in total. The van der Waals surface area contributed by atoms with Gasteiger partial charge in [-0.25, -0.2) is 4.98 Å². The maximum absolute atomic E-state index is 13.3. The number of aromatic nitrogens is 2. The third kappa shape index (κ3) is 4.54. The van der Waals surface area contributed by atoms with Crippen molar-refractivity contribution in [1.29, 1.82) is 0 Å². The number of nitrogens with one attached hydrogen (secondary N) is 1. The number of fused-ring (bicyclic) bond motifs is 1. The van der Waals surface area contributed by atoms with E-state index in [1.165, 1.54) is 21.9 Å². The van der Waals surface area contributed by atoms with Crippen molar-refractivity contribution in [2.24, 2.45) is 0 Å². The Kier molecular flexibility index (Phi) is 5.96. The summed E-state index contributed by atoms with van der Waals surface area (Å²) in [5.41, 5.74) is 2.35. The summed E-state index contributed by atoms with van der Waals surface area (Å²) in [6.45, 7) is 0.614. The summed E-state index contributed by atoms with van der Waals surface area (Å²) in [5, 5.41) is 4.58. The molecular weight excluding hydrogens is 454 g/mol. The van der Waals surface area contributed by atoms with Gasteiger partial charge in [0.15, 0.2) is 5.16 Å². The fraction of sp³-hybridized carbons (Fsp3) is 0.192. The SMILES string of the molecule is O=C(CSc1nc2ccccc2c(=O)n1-c1cccc(Cl)c1)NCC1(c2ccccc2)CC1. The summed E-state index contributed by atoms with van der Waals surface area (Å²) in [6.07, 6.45) is 2.15. The Hall–Kier alpha value is -3.09. The van der Waals surface area contributed by atoms with E-state index in [2.05, 4.69) is 22.4 Å². The van der Waals surface area contributed by atoms with Gasteiger partial charge in [-0.3, -0.25) is 14.2 Å². The van der Waals surface area contributed by atoms with E-state index in [9.17, 15) is 9.59 Å². The van der Waals surface area contributed by atoms with E-state index >= 15 is 0 Å². The van der Waals surface area contributed by atoms with Crippen LogP contribution >= 0.6 is 23.4 Å². The highest BCUT2D eigenvalue weighted by atomic mass is 35.5. The summed E-state index contributed by atoms with van der Waals surface area (Å²) in [5.74, 6) is 0.0817. The molecule has 0 radical (unpaired) electrons. The second kappa shape index (κ2) is 9.04. The number of benzene rings is 3. The van der Waals surface area contributed by atoms with Crippen LogP contribution in [0.5, 0.6) is 0 Å². The lowest BCUT2D eigenvalue weighted by atomic mass is 9.96. The van der Waals surface area contributed by atoms with Crippen molar-refractivity contribution >= 4 is 40.2 Å². The summed E-state index contributed by atoms with van der Waals surface area (Å²) < 4.78 is 1.53. The Labute approximate surface area is 200 Å². The smallest absolute Gasteiger partial charge is 0.266 e. The van der Waals surface area contributed by atoms with Crippen LogP contribution in [0.15, 0.2) is 88.8 Å². The molecule has 1 aliphatic rings. The first-order valence-corrected chi connectivity index (χ1v) is 12.1. The van der Waals surface area contributed by atoms with Gasteiger partial charge in [-0.2, -0.15) is 0 Å². The molecule has 4 aromatic rings. The monoisotopic (exact) mass is 475 g/mol. The molecule has 1 aliphatic carbocycles. The predicted octanol–water partition coefficient (Wildman–Crippen LogP) is 4.98. The average molecular weight is 476 g/mol. The summed E-state index contributed by atoms with van der Waals surface area (Å²) >= 11 is 7.43. The molecule has 1 fully saturated rings. The molecule has 0 unspecified atom stereocenters. The van der Waals surface area contributed by atoms with Crippen LogP contribution in [0.1, 0.15) is 18.4 Å². The van der Waals surface area contributed by atoms with Crippen molar-refractivity contribution in [2.45, 2.75) is 23.4 Å². The third-order valence-electron chi connectivity index (χ3n) is 6.01. The molecule has 166 valence electrons. The molecular formula is C26H22ClN3O2S. The van der Waals surface area contributed by atoms with E-state index in [1.807, 2.05) is 36.4 Å². The maximum Gasteiger partial charge on any atom is 0.266 e. The van der Waals surface area contributed by atoms with Crippen LogP contribution in [-0.4, -0.2) is 27.8 Å². The highest BCUT2D eigenvalue weighted by Gasteiger charge is 2.44. The highest BCUT2D eigenvalue weighted by molar-refractivity contribution is 7.99. The van der Waals surface area contributed by atoms with E-state index in [0.717, 1.165) is 12.8 Å². The normalized spacial score (nSPS) is 14.2. The molecule has 0 bridgehead atoms. The minimum absolute atomic E-state index is 0.0473. The number of nitrogens with zero attached hydrogens (tertiary/aromatic N) is 2. The lowest BCUT2D eigenvalue weighted by Gasteiger charge is -2.17. The number of para-hydroxylation sites is 1. The molecule has 0 atom stereocenters. The van der Waals surface area contributed by atoms with Crippen molar-refractivity contribution in [3.8, 4) is 5.69 Å². The molecule has 0 aliphatic heterocycles. The van der Waals surface area contributed by atoms with E-state index in [-0.39, 0.29) is 22.6 Å². The summed E-state index contributed by atoms with van der Waals surface area (Å²) in [4.78, 5) is 30.7. The van der Waals surface area contributed by atoms with E-state index < -0.39 is 0 Å². The molecule has 7 heteroatoms. The van der Waals surface area contributed by atoms with Crippen molar-refractivity contribution in [3.63, 3.8) is 0 Å². The number of hydrogen-bond acceptors (Lipinski definition) is 4. The van der Waals surface area contributed by atoms with Gasteiger partial charge in [-0.15, -0.1) is 0 Å². The molecule has 0 saturated heterocycles. The van der Waals surface area contributed by atoms with Gasteiger partial charge in [0.2, 0.25) is 5.91 Å². The standard InChI is InChI=1S/C26H22ClN3O2S/c27-19-9-6-10-20(15-19)30-24(32)21-11-4-5-12-22(21)29-25(30)33-16-23(31)28-17-26(13-14-26)18-7-2-1-3-8-18/h1-12,15H,13-14,16-17H2,(H,28,31). The first kappa shape index (κ1) is 21.7. The Morgan fingerprint density at radius 2 is 1.79 bits per heavy atom. The first-order chi connectivity index (χ1) is 16.1. The zero-order valence-electron chi connectivity index (χ0n) is 17.8. The Morgan fingerprint density at radius 1 is 1.03 bits per heavy atom. The predicted molar refractivity (Wildman–Crippen MR) is 133 cm³/mol. The van der Waals surface area contributed by atoms with Gasteiger partial charge in [-0.1, -0.05) is 71.9 Å². The van der Waals surface area contributed by atoms with Crippen molar-refractivity contribution < 1.29 is 4.79 Å². The van der Waals surface area contributed by atoms with Crippen molar-refractivity contribution in [3.05, 3.63) is 99.8 Å². The number of amides is 1. The lowest BCUT2D eigenvalue weighted by Crippen LogP contribution is -2.33. The van der Waals surface area contributed by atoms with Gasteiger partial charge in [0.25, 0.3) is 5.56 Å². The fourth-order valence-corrected chi connectivity index (χ4v) is 5.04. The molecule has 3 aromatic carbocycles. The largest absolute Gasteiger partial charge is 0.354 e. The zero-order chi connectivity index (χ0) is 22.8. The second-order valence-corrected chi connectivity index (χ2v) is 9.62. The van der Waals surface area contributed by atoms with Crippen LogP contribution in [0.2, 0.25) is 5.02 Å². The van der Waals surface area contributed by atoms with Gasteiger partial charge >= 0.3 is 0 Å². The quantitative estimate of drug-likeness (QED) is 0.302. The molecule has 1 heterocycles. The van der Waals surface area contributed by atoms with Gasteiger partial charge in [0, 0.05) is 17.0 Å². The Balaban J connectivity index is 1.37. The minimum atomic E-state index is -0.188. The zero-order valence-corrected chi connectivity index (χ0v) is 19.4. The number of carbonyl (C=O) groups excluding carboxylic acids is 1. The summed E-state index contributed by atoms with van der Waals surface area (Å²) in [7, 11) is 0. The molecule has 1 N–H and O–H groups in total. The van der Waals surface area contributed by atoms with Crippen LogP contribution in [0.3, 0.4) is 0 Å². The molecule has 0 spiro atoms. The topological polar surface area (TPSA) is 64.0 Å². The first-order valence-electron chi connectivity index (χ1n) is 10.8. The average Bonchev–Trinajstić information content (AvgIpc) is 3.63. The lowest BCUT2D eigenvalue weighted by molar-refractivity contribution is -0.118. The minimum Gasteiger partial charge on any atom is -0.354 e. The van der Waals surface area contributed by atoms with Crippen molar-refractivity contribution in [1.82, 2.24) is 14.9 Å². The van der Waals surface area contributed by atoms with Crippen LogP contribution in [0.25, 0.3) is 16.6 Å². The van der Waals surface area contributed by atoms with Crippen LogP contribution in [-0.2, 0) is 10.2 Å². The third-order valence-corrected chi connectivity index (χ3v) is 7.18. The molecule has 5 rings (SSSR count). The second-order valence-electron chi connectivity index (χ2n) is 8.24. The Bertz CT molecular complexity index is 1380. The molecule has 1 saturated carbocycles. The number of carbonyl (C=O) groups is 1. The van der Waals surface area contributed by atoms with Crippen LogP contribution < -0.4 is 10.9 Å². The van der Waals surface area contributed by atoms with E-state index in [0.29, 0.717) is 33.3 Å². The van der Waals surface area contributed by atoms with Crippen LogP contribution in [0.4, 0.5) is 0 Å². The van der Waals surface area contributed by atoms with Gasteiger partial charge in [0.05, 0.1) is 22.3 Å². The fourth-order valence-electron chi connectivity index (χ4n) is 4.01. The number of rotatable bonds is 7. The molecule has 1 amide bonds. The number of halogens is 1. The van der Waals surface area contributed by atoms with Crippen molar-refractivity contribution in [2.75, 3.05) is 12.3 Å². The number of hydrogen-bond donors (Lipinski definition) is 1. The molecule has 1 aromatic heterocycles. The highest BCUT2D eigenvalue weighted by Crippen LogP contribution is 2.47. The van der Waals surface area contributed by atoms with Gasteiger partial charge < -0.3 is 5.32 Å². The van der Waals surface area contributed by atoms with Crippen LogP contribution in [0, 0.1) is 0 Å². The van der Waals surface area contributed by atoms with Gasteiger partial charge in [-0.05, 0) is 48.7 Å². The summed E-state index contributed by atoms with van der Waals surface area (Å²) in [6, 6.07) is 24.6. The molecule has 33 heavy (non-hydrogen) atoms. The van der Waals surface area contributed by atoms with E-state index in [4.69, 9.17) is 11.6 Å². The van der Waals surface area contributed by atoms with Gasteiger partial charge in [0.1, 0.15) is 0 Å². The number of thioether (sulfide) groups is 1.